The standard InChI is InChI=1S/C11H11F3N2O2/c12-11(13,14)7-2-3-9-8(6-7)15-10(18)16(9)4-1-5-17/h2-3,6,17H,1,4-5H2,(H,15,18). The first-order valence-corrected chi connectivity index (χ1v) is 5.34. The van der Waals surface area contributed by atoms with E-state index < -0.39 is 17.4 Å². The molecule has 18 heavy (non-hydrogen) atoms. The fraction of sp³-hybridized carbons (Fsp3) is 0.364. The number of nitrogens with one attached hydrogen (secondary N) is 1. The maximum atomic E-state index is 12.5. The van der Waals surface area contributed by atoms with E-state index in [0.717, 1.165) is 12.1 Å². The van der Waals surface area contributed by atoms with Crippen LogP contribution in [0.2, 0.25) is 0 Å². The van der Waals surface area contributed by atoms with Gasteiger partial charge in [0.2, 0.25) is 0 Å². The van der Waals surface area contributed by atoms with Crippen LogP contribution in [0.1, 0.15) is 12.0 Å². The van der Waals surface area contributed by atoms with Gasteiger partial charge in [-0.3, -0.25) is 4.57 Å². The summed E-state index contributed by atoms with van der Waals surface area (Å²) >= 11 is 0. The van der Waals surface area contributed by atoms with Crippen molar-refractivity contribution in [2.75, 3.05) is 6.61 Å². The number of halogens is 3. The molecule has 7 heteroatoms. The highest BCUT2D eigenvalue weighted by atomic mass is 19.4. The van der Waals surface area contributed by atoms with Crippen LogP contribution in [0.15, 0.2) is 23.0 Å². The van der Waals surface area contributed by atoms with Crippen LogP contribution in [0.4, 0.5) is 13.2 Å². The Labute approximate surface area is 99.7 Å². The molecular formula is C11H11F3N2O2. The smallest absolute Gasteiger partial charge is 0.396 e. The van der Waals surface area contributed by atoms with Crippen LogP contribution in [-0.4, -0.2) is 21.3 Å². The SMILES string of the molecule is O=c1[nH]c2cc(C(F)(F)F)ccc2n1CCCO. The van der Waals surface area contributed by atoms with Gasteiger partial charge in [-0.05, 0) is 24.6 Å². The summed E-state index contributed by atoms with van der Waals surface area (Å²) in [5.41, 5.74) is -0.724. The van der Waals surface area contributed by atoms with Crippen molar-refractivity contribution < 1.29 is 18.3 Å². The number of hydrogen-bond donors (Lipinski definition) is 2. The Bertz CT molecular complexity index is 613. The van der Waals surface area contributed by atoms with Crippen molar-refractivity contribution in [1.82, 2.24) is 9.55 Å². The number of H-pyrrole nitrogens is 1. The van der Waals surface area contributed by atoms with Gasteiger partial charge in [0, 0.05) is 13.2 Å². The molecule has 98 valence electrons. The van der Waals surface area contributed by atoms with Gasteiger partial charge in [-0.15, -0.1) is 0 Å². The molecule has 0 radical (unpaired) electrons. The normalized spacial score (nSPS) is 12.2. The summed E-state index contributed by atoms with van der Waals surface area (Å²) in [5, 5.41) is 8.70. The lowest BCUT2D eigenvalue weighted by atomic mass is 10.2. The number of benzene rings is 1. The zero-order valence-corrected chi connectivity index (χ0v) is 9.29. The monoisotopic (exact) mass is 260 g/mol. The van der Waals surface area contributed by atoms with Gasteiger partial charge in [-0.2, -0.15) is 13.2 Å². The number of alkyl halides is 3. The van der Waals surface area contributed by atoms with Crippen molar-refractivity contribution in [2.24, 2.45) is 0 Å². The van der Waals surface area contributed by atoms with Crippen LogP contribution in [-0.2, 0) is 12.7 Å². The van der Waals surface area contributed by atoms with E-state index in [2.05, 4.69) is 4.98 Å². The van der Waals surface area contributed by atoms with Crippen molar-refractivity contribution in [2.45, 2.75) is 19.1 Å². The summed E-state index contributed by atoms with van der Waals surface area (Å²) in [4.78, 5) is 13.9. The number of hydrogen-bond acceptors (Lipinski definition) is 2. The van der Waals surface area contributed by atoms with Crippen molar-refractivity contribution >= 4 is 11.0 Å². The number of fused-ring (bicyclic) bond motifs is 1. The number of aromatic amines is 1. The Morgan fingerprint density at radius 3 is 2.67 bits per heavy atom. The number of aliphatic hydroxyl groups excluding tert-OH is 1. The Morgan fingerprint density at radius 1 is 1.33 bits per heavy atom. The number of aryl methyl sites for hydroxylation is 1. The molecule has 4 nitrogen and oxygen atoms in total. The first-order chi connectivity index (χ1) is 8.43. The maximum absolute atomic E-state index is 12.5. The van der Waals surface area contributed by atoms with E-state index in [1.807, 2.05) is 0 Å². The largest absolute Gasteiger partial charge is 0.416 e. The molecule has 0 aliphatic heterocycles. The van der Waals surface area contributed by atoms with Crippen LogP contribution < -0.4 is 5.69 Å². The molecule has 1 aromatic heterocycles. The van der Waals surface area contributed by atoms with Crippen molar-refractivity contribution in [1.29, 1.82) is 0 Å². The lowest BCUT2D eigenvalue weighted by molar-refractivity contribution is -0.137. The minimum Gasteiger partial charge on any atom is -0.396 e. The van der Waals surface area contributed by atoms with E-state index in [-0.39, 0.29) is 18.7 Å². The first kappa shape index (κ1) is 12.7. The fourth-order valence-electron chi connectivity index (χ4n) is 1.79. The number of rotatable bonds is 3. The molecule has 0 spiro atoms. The number of aliphatic hydroxyl groups is 1. The van der Waals surface area contributed by atoms with Gasteiger partial charge in [0.25, 0.3) is 0 Å². The van der Waals surface area contributed by atoms with Gasteiger partial charge < -0.3 is 10.1 Å². The van der Waals surface area contributed by atoms with Crippen LogP contribution in [0.5, 0.6) is 0 Å². The van der Waals surface area contributed by atoms with E-state index in [9.17, 15) is 18.0 Å². The summed E-state index contributed by atoms with van der Waals surface area (Å²) < 4.78 is 38.8. The zero-order valence-electron chi connectivity index (χ0n) is 9.29. The molecule has 0 saturated heterocycles. The van der Waals surface area contributed by atoms with Gasteiger partial charge >= 0.3 is 11.9 Å². The van der Waals surface area contributed by atoms with Gasteiger partial charge in [0.05, 0.1) is 16.6 Å². The van der Waals surface area contributed by atoms with Crippen LogP contribution in [0.25, 0.3) is 11.0 Å². The third-order valence-corrected chi connectivity index (χ3v) is 2.64. The van der Waals surface area contributed by atoms with E-state index in [1.165, 1.54) is 10.6 Å². The highest BCUT2D eigenvalue weighted by Crippen LogP contribution is 2.30. The number of aromatic nitrogens is 2. The zero-order chi connectivity index (χ0) is 13.3. The predicted molar refractivity (Wildman–Crippen MR) is 59.3 cm³/mol. The number of nitrogens with zero attached hydrogens (tertiary/aromatic N) is 1. The molecule has 1 aromatic carbocycles. The van der Waals surface area contributed by atoms with E-state index in [0.29, 0.717) is 11.9 Å². The van der Waals surface area contributed by atoms with Gasteiger partial charge in [0.1, 0.15) is 0 Å². The molecule has 0 unspecified atom stereocenters. The summed E-state index contributed by atoms with van der Waals surface area (Å²) in [6, 6.07) is 3.10. The molecule has 0 aliphatic carbocycles. The quantitative estimate of drug-likeness (QED) is 0.883. The topological polar surface area (TPSA) is 58.0 Å². The summed E-state index contributed by atoms with van der Waals surface area (Å²) in [7, 11) is 0. The highest BCUT2D eigenvalue weighted by molar-refractivity contribution is 5.76. The van der Waals surface area contributed by atoms with E-state index >= 15 is 0 Å². The highest BCUT2D eigenvalue weighted by Gasteiger charge is 2.30. The molecule has 0 amide bonds. The molecule has 1 heterocycles. The Balaban J connectivity index is 2.51. The molecule has 0 atom stereocenters. The second-order valence-corrected chi connectivity index (χ2v) is 3.89. The van der Waals surface area contributed by atoms with Gasteiger partial charge in [0.15, 0.2) is 0 Å². The maximum Gasteiger partial charge on any atom is 0.416 e. The molecule has 0 bridgehead atoms. The lowest BCUT2D eigenvalue weighted by Crippen LogP contribution is -2.17. The van der Waals surface area contributed by atoms with E-state index in [4.69, 9.17) is 5.11 Å². The lowest BCUT2D eigenvalue weighted by Gasteiger charge is -2.06. The molecular weight excluding hydrogens is 249 g/mol. The summed E-state index contributed by atoms with van der Waals surface area (Å²) in [5.74, 6) is 0. The van der Waals surface area contributed by atoms with Crippen molar-refractivity contribution in [3.8, 4) is 0 Å². The van der Waals surface area contributed by atoms with Crippen molar-refractivity contribution in [3.05, 3.63) is 34.2 Å². The van der Waals surface area contributed by atoms with Crippen LogP contribution >= 0.6 is 0 Å². The van der Waals surface area contributed by atoms with Gasteiger partial charge in [-0.25, -0.2) is 4.79 Å². The molecule has 0 fully saturated rings. The minimum atomic E-state index is -4.43. The molecule has 2 aromatic rings. The third-order valence-electron chi connectivity index (χ3n) is 2.64. The third kappa shape index (κ3) is 2.26. The second-order valence-electron chi connectivity index (χ2n) is 3.89. The number of imidazole rings is 1. The predicted octanol–water partition coefficient (Wildman–Crippen LogP) is 1.73. The summed E-state index contributed by atoms with van der Waals surface area (Å²) in [6.07, 6.45) is -4.06. The van der Waals surface area contributed by atoms with Gasteiger partial charge in [-0.1, -0.05) is 0 Å². The van der Waals surface area contributed by atoms with Crippen LogP contribution in [0, 0.1) is 0 Å². The van der Waals surface area contributed by atoms with Crippen molar-refractivity contribution in [3.63, 3.8) is 0 Å². The fourth-order valence-corrected chi connectivity index (χ4v) is 1.79. The molecule has 2 rings (SSSR count). The Hall–Kier alpha value is -1.76. The second kappa shape index (κ2) is 4.49. The Kier molecular flexibility index (Phi) is 3.16. The molecule has 0 saturated carbocycles. The average molecular weight is 260 g/mol. The average Bonchev–Trinajstić information content (AvgIpc) is 2.60. The van der Waals surface area contributed by atoms with E-state index in [1.54, 1.807) is 0 Å². The van der Waals surface area contributed by atoms with Crippen LogP contribution in [0.3, 0.4) is 0 Å². The Morgan fingerprint density at radius 2 is 2.06 bits per heavy atom. The molecule has 2 N–H and O–H groups in total. The summed E-state index contributed by atoms with van der Waals surface area (Å²) in [6.45, 7) is 0.181. The first-order valence-electron chi connectivity index (χ1n) is 5.34. The minimum absolute atomic E-state index is 0.0836. The molecule has 0 aliphatic rings.